The molecule has 1 unspecified atom stereocenters. The molecule has 1 fully saturated rings. The number of benzene rings is 1. The highest BCUT2D eigenvalue weighted by Gasteiger charge is 2.38. The number of nitrogens with zero attached hydrogens (tertiary/aromatic N) is 1. The molecule has 1 aromatic carbocycles. The van der Waals surface area contributed by atoms with Crippen LogP contribution in [0.4, 0.5) is 5.69 Å². The molecule has 0 bridgehead atoms. The summed E-state index contributed by atoms with van der Waals surface area (Å²) in [7, 11) is 2.02. The molecule has 2 aliphatic heterocycles. The minimum Gasteiger partial charge on any atom is -0.454 e. The molecule has 0 saturated carbocycles. The number of ether oxygens (including phenoxy) is 2. The molecule has 2 aliphatic rings. The summed E-state index contributed by atoms with van der Waals surface area (Å²) in [5.74, 6) is 2.42. The fourth-order valence-corrected chi connectivity index (χ4v) is 3.32. The summed E-state index contributed by atoms with van der Waals surface area (Å²) >= 11 is 0. The summed E-state index contributed by atoms with van der Waals surface area (Å²) in [6, 6.07) is 6.25. The van der Waals surface area contributed by atoms with Gasteiger partial charge in [0.15, 0.2) is 11.5 Å². The van der Waals surface area contributed by atoms with E-state index in [9.17, 15) is 0 Å². The van der Waals surface area contributed by atoms with Crippen molar-refractivity contribution in [1.29, 1.82) is 0 Å². The van der Waals surface area contributed by atoms with Crippen molar-refractivity contribution >= 4 is 5.69 Å². The molecule has 3 rings (SSSR count). The summed E-state index contributed by atoms with van der Waals surface area (Å²) in [5, 5.41) is 3.29. The van der Waals surface area contributed by atoms with E-state index in [0.29, 0.717) is 12.7 Å². The zero-order valence-electron chi connectivity index (χ0n) is 11.9. The van der Waals surface area contributed by atoms with Gasteiger partial charge < -0.3 is 19.7 Å². The molecular formula is C15H22N2O2. The maximum absolute atomic E-state index is 5.48. The molecule has 0 spiro atoms. The first-order valence-electron chi connectivity index (χ1n) is 6.92. The second-order valence-corrected chi connectivity index (χ2v) is 6.09. The Bertz CT molecular complexity index is 473. The van der Waals surface area contributed by atoms with Crippen LogP contribution < -0.4 is 19.7 Å². The van der Waals surface area contributed by atoms with Gasteiger partial charge in [0.05, 0.1) is 0 Å². The van der Waals surface area contributed by atoms with Crippen LogP contribution in [0.3, 0.4) is 0 Å². The van der Waals surface area contributed by atoms with Gasteiger partial charge in [-0.05, 0) is 51.9 Å². The smallest absolute Gasteiger partial charge is 0.231 e. The molecule has 104 valence electrons. The summed E-state index contributed by atoms with van der Waals surface area (Å²) in [4.78, 5) is 2.48. The van der Waals surface area contributed by atoms with Gasteiger partial charge in [0, 0.05) is 23.8 Å². The van der Waals surface area contributed by atoms with Crippen LogP contribution in [0.1, 0.15) is 20.3 Å². The van der Waals surface area contributed by atoms with Crippen LogP contribution in [-0.2, 0) is 0 Å². The van der Waals surface area contributed by atoms with Crippen molar-refractivity contribution in [2.45, 2.75) is 25.8 Å². The van der Waals surface area contributed by atoms with Gasteiger partial charge in [-0.25, -0.2) is 0 Å². The summed E-state index contributed by atoms with van der Waals surface area (Å²) in [6.07, 6.45) is 1.21. The lowest BCUT2D eigenvalue weighted by Crippen LogP contribution is -2.38. The van der Waals surface area contributed by atoms with Gasteiger partial charge in [0.1, 0.15) is 0 Å². The molecule has 0 amide bonds. The number of fused-ring (bicyclic) bond motifs is 1. The van der Waals surface area contributed by atoms with E-state index in [0.717, 1.165) is 24.6 Å². The fraction of sp³-hybridized carbons (Fsp3) is 0.600. The lowest BCUT2D eigenvalue weighted by Gasteiger charge is -2.33. The van der Waals surface area contributed by atoms with Gasteiger partial charge in [0.2, 0.25) is 6.79 Å². The van der Waals surface area contributed by atoms with E-state index in [1.807, 2.05) is 13.1 Å². The molecule has 4 nitrogen and oxygen atoms in total. The molecule has 0 aliphatic carbocycles. The largest absolute Gasteiger partial charge is 0.454 e. The summed E-state index contributed by atoms with van der Waals surface area (Å²) in [6.45, 7) is 7.13. The molecular weight excluding hydrogens is 240 g/mol. The van der Waals surface area contributed by atoms with Crippen LogP contribution in [0.2, 0.25) is 0 Å². The maximum atomic E-state index is 5.48. The summed E-state index contributed by atoms with van der Waals surface area (Å²) < 4.78 is 10.9. The van der Waals surface area contributed by atoms with E-state index in [1.165, 1.54) is 12.1 Å². The highest BCUT2D eigenvalue weighted by molar-refractivity contribution is 5.59. The van der Waals surface area contributed by atoms with Crippen molar-refractivity contribution in [1.82, 2.24) is 5.32 Å². The quantitative estimate of drug-likeness (QED) is 0.906. The standard InChI is InChI=1S/C15H22N2O2/c1-15(2)7-11(8-16-3)9-17(15)12-4-5-13-14(6-12)19-10-18-13/h4-6,11,16H,7-10H2,1-3H3. The van der Waals surface area contributed by atoms with Crippen molar-refractivity contribution in [3.8, 4) is 11.5 Å². The Morgan fingerprint density at radius 3 is 2.89 bits per heavy atom. The van der Waals surface area contributed by atoms with E-state index in [-0.39, 0.29) is 5.54 Å². The van der Waals surface area contributed by atoms with E-state index >= 15 is 0 Å². The Kier molecular flexibility index (Phi) is 3.05. The average molecular weight is 262 g/mol. The van der Waals surface area contributed by atoms with Crippen LogP contribution in [0.25, 0.3) is 0 Å². The van der Waals surface area contributed by atoms with Gasteiger partial charge in [-0.1, -0.05) is 0 Å². The van der Waals surface area contributed by atoms with Crippen LogP contribution >= 0.6 is 0 Å². The lowest BCUT2D eigenvalue weighted by atomic mass is 9.96. The van der Waals surface area contributed by atoms with Crippen LogP contribution in [0, 0.1) is 5.92 Å². The normalized spacial score (nSPS) is 23.9. The summed E-state index contributed by atoms with van der Waals surface area (Å²) in [5.41, 5.74) is 1.42. The molecule has 0 radical (unpaired) electrons. The van der Waals surface area contributed by atoms with E-state index in [2.05, 4.69) is 36.2 Å². The van der Waals surface area contributed by atoms with Gasteiger partial charge in [-0.2, -0.15) is 0 Å². The second-order valence-electron chi connectivity index (χ2n) is 6.09. The number of anilines is 1. The number of hydrogen-bond donors (Lipinski definition) is 1. The molecule has 19 heavy (non-hydrogen) atoms. The van der Waals surface area contributed by atoms with E-state index in [1.54, 1.807) is 0 Å². The Morgan fingerprint density at radius 1 is 1.32 bits per heavy atom. The highest BCUT2D eigenvalue weighted by Crippen LogP contribution is 2.41. The zero-order chi connectivity index (χ0) is 13.5. The minimum atomic E-state index is 0.190. The monoisotopic (exact) mass is 262 g/mol. The predicted molar refractivity (Wildman–Crippen MR) is 76.0 cm³/mol. The Hall–Kier alpha value is -1.42. The van der Waals surface area contributed by atoms with Crippen molar-refractivity contribution in [3.05, 3.63) is 18.2 Å². The first-order chi connectivity index (χ1) is 9.10. The van der Waals surface area contributed by atoms with Crippen molar-refractivity contribution in [2.75, 3.05) is 31.8 Å². The van der Waals surface area contributed by atoms with Crippen LogP contribution in [0.5, 0.6) is 11.5 Å². The number of hydrogen-bond acceptors (Lipinski definition) is 4. The third kappa shape index (κ3) is 2.25. The van der Waals surface area contributed by atoms with Crippen LogP contribution in [0.15, 0.2) is 18.2 Å². The topological polar surface area (TPSA) is 33.7 Å². The van der Waals surface area contributed by atoms with Crippen molar-refractivity contribution in [3.63, 3.8) is 0 Å². The Labute approximate surface area is 114 Å². The first kappa shape index (κ1) is 12.6. The molecule has 4 heteroatoms. The van der Waals surface area contributed by atoms with Crippen molar-refractivity contribution in [2.24, 2.45) is 5.92 Å². The van der Waals surface area contributed by atoms with Crippen molar-refractivity contribution < 1.29 is 9.47 Å². The average Bonchev–Trinajstić information content (AvgIpc) is 2.92. The predicted octanol–water partition coefficient (Wildman–Crippen LogP) is 2.24. The third-order valence-electron chi connectivity index (χ3n) is 4.12. The van der Waals surface area contributed by atoms with Gasteiger partial charge in [-0.15, -0.1) is 0 Å². The molecule has 2 heterocycles. The Morgan fingerprint density at radius 2 is 2.11 bits per heavy atom. The van der Waals surface area contributed by atoms with E-state index < -0.39 is 0 Å². The van der Waals surface area contributed by atoms with E-state index in [4.69, 9.17) is 9.47 Å². The maximum Gasteiger partial charge on any atom is 0.231 e. The third-order valence-corrected chi connectivity index (χ3v) is 4.12. The first-order valence-corrected chi connectivity index (χ1v) is 6.92. The Balaban J connectivity index is 1.85. The molecule has 1 N–H and O–H groups in total. The highest BCUT2D eigenvalue weighted by atomic mass is 16.7. The fourth-order valence-electron chi connectivity index (χ4n) is 3.32. The molecule has 1 saturated heterocycles. The molecule has 1 aromatic rings. The zero-order valence-corrected chi connectivity index (χ0v) is 11.9. The van der Waals surface area contributed by atoms with Gasteiger partial charge in [0.25, 0.3) is 0 Å². The number of rotatable bonds is 3. The minimum absolute atomic E-state index is 0.190. The second kappa shape index (κ2) is 4.60. The molecule has 1 atom stereocenters. The SMILES string of the molecule is CNCC1CN(c2ccc3c(c2)OCO3)C(C)(C)C1. The van der Waals surface area contributed by atoms with Gasteiger partial charge >= 0.3 is 0 Å². The number of nitrogens with one attached hydrogen (secondary N) is 1. The lowest BCUT2D eigenvalue weighted by molar-refractivity contribution is 0.174. The van der Waals surface area contributed by atoms with Crippen LogP contribution in [-0.4, -0.2) is 32.5 Å². The van der Waals surface area contributed by atoms with Gasteiger partial charge in [-0.3, -0.25) is 0 Å². The molecule has 0 aromatic heterocycles.